The Morgan fingerprint density at radius 2 is 2.00 bits per heavy atom. The summed E-state index contributed by atoms with van der Waals surface area (Å²) in [6.07, 6.45) is 0.973. The second-order valence-electron chi connectivity index (χ2n) is 4.76. The lowest BCUT2D eigenvalue weighted by atomic mass is 10.1. The van der Waals surface area contributed by atoms with Crippen LogP contribution in [0.5, 0.6) is 0 Å². The Bertz CT molecular complexity index is 718. The minimum atomic E-state index is -4.27. The summed E-state index contributed by atoms with van der Waals surface area (Å²) >= 11 is 0. The molecule has 0 aliphatic heterocycles. The highest BCUT2D eigenvalue weighted by Gasteiger charge is 2.28. The molecule has 1 heterocycles. The highest BCUT2D eigenvalue weighted by atomic mass is 32.2. The molecule has 0 radical (unpaired) electrons. The van der Waals surface area contributed by atoms with Gasteiger partial charge in [0.15, 0.2) is 4.90 Å². The van der Waals surface area contributed by atoms with Crippen LogP contribution in [0.15, 0.2) is 20.7 Å². The van der Waals surface area contributed by atoms with E-state index in [2.05, 4.69) is 14.4 Å². The summed E-state index contributed by atoms with van der Waals surface area (Å²) < 4.78 is 30.9. The molecule has 1 aromatic rings. The Morgan fingerprint density at radius 1 is 1.38 bits per heavy atom. The number of aromatic amines is 2. The minimum Gasteiger partial charge on any atom is -0.468 e. The molecule has 118 valence electrons. The van der Waals surface area contributed by atoms with E-state index in [1.165, 1.54) is 0 Å². The van der Waals surface area contributed by atoms with Gasteiger partial charge in [0.1, 0.15) is 6.04 Å². The molecule has 0 amide bonds. The van der Waals surface area contributed by atoms with Crippen LogP contribution in [-0.4, -0.2) is 37.5 Å². The third-order valence-corrected chi connectivity index (χ3v) is 4.04. The van der Waals surface area contributed by atoms with Gasteiger partial charge >= 0.3 is 11.7 Å². The molecule has 0 bridgehead atoms. The van der Waals surface area contributed by atoms with Gasteiger partial charge in [-0.2, -0.15) is 4.72 Å². The molecule has 0 aliphatic carbocycles. The van der Waals surface area contributed by atoms with Gasteiger partial charge in [0, 0.05) is 6.20 Å². The maximum absolute atomic E-state index is 12.1. The first-order valence-corrected chi connectivity index (χ1v) is 7.58. The Balaban J connectivity index is 3.14. The van der Waals surface area contributed by atoms with Crippen molar-refractivity contribution >= 4 is 16.0 Å². The van der Waals surface area contributed by atoms with Crippen LogP contribution in [0.25, 0.3) is 0 Å². The molecule has 1 rings (SSSR count). The van der Waals surface area contributed by atoms with E-state index < -0.39 is 38.2 Å². The van der Waals surface area contributed by atoms with Crippen molar-refractivity contribution < 1.29 is 17.9 Å². The van der Waals surface area contributed by atoms with Crippen molar-refractivity contribution in [2.45, 2.75) is 31.2 Å². The summed E-state index contributed by atoms with van der Waals surface area (Å²) in [7, 11) is -3.14. The lowest BCUT2D eigenvalue weighted by Gasteiger charge is -2.17. The molecule has 0 aliphatic rings. The van der Waals surface area contributed by atoms with Crippen LogP contribution in [0, 0.1) is 5.92 Å². The largest absolute Gasteiger partial charge is 0.468 e. The highest BCUT2D eigenvalue weighted by molar-refractivity contribution is 7.89. The third kappa shape index (κ3) is 4.53. The second-order valence-corrected chi connectivity index (χ2v) is 6.45. The first-order chi connectivity index (χ1) is 9.67. The average Bonchev–Trinajstić information content (AvgIpc) is 2.35. The van der Waals surface area contributed by atoms with Crippen molar-refractivity contribution in [3.05, 3.63) is 27.0 Å². The van der Waals surface area contributed by atoms with E-state index in [1.54, 1.807) is 18.8 Å². The van der Waals surface area contributed by atoms with Crippen LogP contribution in [0.2, 0.25) is 0 Å². The molecule has 9 nitrogen and oxygen atoms in total. The van der Waals surface area contributed by atoms with Crippen LogP contribution >= 0.6 is 0 Å². The van der Waals surface area contributed by atoms with Crippen LogP contribution in [-0.2, 0) is 19.6 Å². The Labute approximate surface area is 120 Å². The number of carbonyl (C=O) groups is 1. The molecule has 21 heavy (non-hydrogen) atoms. The summed E-state index contributed by atoms with van der Waals surface area (Å²) in [5.41, 5.74) is -1.90. The number of nitrogens with one attached hydrogen (secondary N) is 3. The fourth-order valence-corrected chi connectivity index (χ4v) is 2.86. The smallest absolute Gasteiger partial charge is 0.325 e. The van der Waals surface area contributed by atoms with E-state index in [0.717, 1.165) is 13.3 Å². The second kappa shape index (κ2) is 6.68. The molecule has 3 N–H and O–H groups in total. The number of hydrogen-bond acceptors (Lipinski definition) is 6. The van der Waals surface area contributed by atoms with E-state index in [-0.39, 0.29) is 12.3 Å². The maximum atomic E-state index is 12.1. The lowest BCUT2D eigenvalue weighted by molar-refractivity contribution is -0.143. The Morgan fingerprint density at radius 3 is 2.48 bits per heavy atom. The molecular weight excluding hydrogens is 302 g/mol. The maximum Gasteiger partial charge on any atom is 0.325 e. The van der Waals surface area contributed by atoms with Gasteiger partial charge in [-0.05, 0) is 12.3 Å². The van der Waals surface area contributed by atoms with E-state index in [9.17, 15) is 22.8 Å². The predicted octanol–water partition coefficient (Wildman–Crippen LogP) is -1.07. The summed E-state index contributed by atoms with van der Waals surface area (Å²) in [4.78, 5) is 37.2. The summed E-state index contributed by atoms with van der Waals surface area (Å²) in [5, 5.41) is 0. The lowest BCUT2D eigenvalue weighted by Crippen LogP contribution is -2.44. The van der Waals surface area contributed by atoms with Gasteiger partial charge in [-0.3, -0.25) is 14.6 Å². The van der Waals surface area contributed by atoms with Gasteiger partial charge < -0.3 is 9.72 Å². The normalized spacial score (nSPS) is 13.1. The van der Waals surface area contributed by atoms with E-state index in [4.69, 9.17) is 0 Å². The zero-order chi connectivity index (χ0) is 16.2. The van der Waals surface area contributed by atoms with Crippen molar-refractivity contribution in [1.82, 2.24) is 14.7 Å². The molecule has 10 heteroatoms. The van der Waals surface area contributed by atoms with Crippen LogP contribution in [0.1, 0.15) is 20.3 Å². The van der Waals surface area contributed by atoms with E-state index in [0.29, 0.717) is 0 Å². The van der Waals surface area contributed by atoms with Gasteiger partial charge in [0.2, 0.25) is 10.0 Å². The Hall–Kier alpha value is -1.94. The number of methoxy groups -OCH3 is 1. The number of carbonyl (C=O) groups excluding carboxylic acids is 1. The Kier molecular flexibility index (Phi) is 5.44. The standard InChI is InChI=1S/C11H17N3O6S/c1-6(2)4-7(10(16)20-3)14-21(18,19)8-5-12-11(17)13-9(8)15/h5-7,14H,4H2,1-3H3,(H2,12,13,15,17). The molecule has 1 aromatic heterocycles. The van der Waals surface area contributed by atoms with Gasteiger partial charge in [-0.15, -0.1) is 0 Å². The SMILES string of the molecule is COC(=O)C(CC(C)C)NS(=O)(=O)c1c[nH]c(=O)[nH]c1=O. The number of hydrogen-bond donors (Lipinski definition) is 3. The summed E-state index contributed by atoms with van der Waals surface area (Å²) in [5.74, 6) is -0.737. The molecule has 0 fully saturated rings. The van der Waals surface area contributed by atoms with Crippen molar-refractivity contribution in [2.75, 3.05) is 7.11 Å². The van der Waals surface area contributed by atoms with Gasteiger partial charge in [0.25, 0.3) is 5.56 Å². The van der Waals surface area contributed by atoms with Gasteiger partial charge in [-0.25, -0.2) is 13.2 Å². The fraction of sp³-hybridized carbons (Fsp3) is 0.545. The first-order valence-electron chi connectivity index (χ1n) is 6.09. The third-order valence-electron chi connectivity index (χ3n) is 2.56. The highest BCUT2D eigenvalue weighted by Crippen LogP contribution is 2.09. The zero-order valence-corrected chi connectivity index (χ0v) is 12.6. The fourth-order valence-electron chi connectivity index (χ4n) is 1.65. The number of ether oxygens (including phenoxy) is 1. The number of H-pyrrole nitrogens is 2. The average molecular weight is 319 g/mol. The van der Waals surface area contributed by atoms with E-state index >= 15 is 0 Å². The summed E-state index contributed by atoms with van der Waals surface area (Å²) in [6.45, 7) is 3.61. The van der Waals surface area contributed by atoms with E-state index in [1.807, 2.05) is 0 Å². The van der Waals surface area contributed by atoms with Crippen LogP contribution < -0.4 is 16.0 Å². The predicted molar refractivity (Wildman–Crippen MR) is 73.3 cm³/mol. The molecule has 1 atom stereocenters. The minimum absolute atomic E-state index is 0.0191. The molecular formula is C11H17N3O6S. The van der Waals surface area contributed by atoms with Crippen molar-refractivity contribution in [2.24, 2.45) is 5.92 Å². The topological polar surface area (TPSA) is 138 Å². The summed E-state index contributed by atoms with van der Waals surface area (Å²) in [6, 6.07) is -1.12. The number of aromatic nitrogens is 2. The number of rotatable bonds is 6. The molecule has 0 aromatic carbocycles. The van der Waals surface area contributed by atoms with Crippen molar-refractivity contribution in [3.63, 3.8) is 0 Å². The monoisotopic (exact) mass is 319 g/mol. The van der Waals surface area contributed by atoms with Crippen molar-refractivity contribution in [3.8, 4) is 0 Å². The number of esters is 1. The molecule has 1 unspecified atom stereocenters. The van der Waals surface area contributed by atoms with Crippen molar-refractivity contribution in [1.29, 1.82) is 0 Å². The van der Waals surface area contributed by atoms with Gasteiger partial charge in [0.05, 0.1) is 7.11 Å². The first kappa shape index (κ1) is 17.1. The van der Waals surface area contributed by atoms with Crippen LogP contribution in [0.3, 0.4) is 0 Å². The quantitative estimate of drug-likeness (QED) is 0.571. The zero-order valence-electron chi connectivity index (χ0n) is 11.8. The molecule has 0 spiro atoms. The molecule has 0 saturated heterocycles. The number of sulfonamides is 1. The molecule has 0 saturated carbocycles. The van der Waals surface area contributed by atoms with Crippen LogP contribution in [0.4, 0.5) is 0 Å². The van der Waals surface area contributed by atoms with Gasteiger partial charge in [-0.1, -0.05) is 13.8 Å².